The molecule has 4 heteroatoms. The van der Waals surface area contributed by atoms with Crippen LogP contribution in [0.3, 0.4) is 0 Å². The van der Waals surface area contributed by atoms with Gasteiger partial charge in [0.25, 0.3) is 0 Å². The van der Waals surface area contributed by atoms with Gasteiger partial charge in [0.05, 0.1) is 5.84 Å². The zero-order valence-corrected chi connectivity index (χ0v) is 8.30. The van der Waals surface area contributed by atoms with Gasteiger partial charge in [0.2, 0.25) is 0 Å². The highest BCUT2D eigenvalue weighted by Gasteiger charge is 2.13. The number of hydrogen-bond acceptors (Lipinski definition) is 3. The topological polar surface area (TPSA) is 56.4 Å². The molecule has 1 rings (SSSR count). The van der Waals surface area contributed by atoms with Crippen molar-refractivity contribution >= 4 is 5.84 Å². The van der Waals surface area contributed by atoms with E-state index in [1.54, 1.807) is 5.01 Å². The van der Waals surface area contributed by atoms with Crippen molar-refractivity contribution in [3.05, 3.63) is 0 Å². The van der Waals surface area contributed by atoms with Gasteiger partial charge >= 0.3 is 0 Å². The number of nitrogens with zero attached hydrogens (tertiary/aromatic N) is 2. The molecule has 0 aromatic rings. The average Bonchev–Trinajstić information content (AvgIpc) is 2.09. The molecule has 1 aliphatic heterocycles. The van der Waals surface area contributed by atoms with Gasteiger partial charge in [-0.2, -0.15) is 0 Å². The Kier molecular flexibility index (Phi) is 5.66. The zero-order chi connectivity index (χ0) is 9.56. The third-order valence-electron chi connectivity index (χ3n) is 1.79. The molecule has 1 aliphatic rings. The second kappa shape index (κ2) is 5.97. The Balaban J connectivity index is 0.000000561. The standard InChI is InChI=1S/C6H14N4.C2H6/c1-6(7)9-2-4-10(8)5-3-9;1-2/h7H,2-5,8H2,1H3;1-2H3. The van der Waals surface area contributed by atoms with E-state index in [2.05, 4.69) is 0 Å². The minimum Gasteiger partial charge on any atom is -0.358 e. The van der Waals surface area contributed by atoms with Crippen LogP contribution in [0.25, 0.3) is 0 Å². The quantitative estimate of drug-likeness (QED) is 0.318. The van der Waals surface area contributed by atoms with Gasteiger partial charge in [-0.15, -0.1) is 0 Å². The summed E-state index contributed by atoms with van der Waals surface area (Å²) in [6.45, 7) is 9.34. The van der Waals surface area contributed by atoms with E-state index < -0.39 is 0 Å². The predicted molar refractivity (Wildman–Crippen MR) is 52.1 cm³/mol. The lowest BCUT2D eigenvalue weighted by Crippen LogP contribution is -2.50. The summed E-state index contributed by atoms with van der Waals surface area (Å²) in [6.07, 6.45) is 0. The first-order valence-corrected chi connectivity index (χ1v) is 4.50. The van der Waals surface area contributed by atoms with Crippen LogP contribution in [0.5, 0.6) is 0 Å². The van der Waals surface area contributed by atoms with Gasteiger partial charge in [-0.3, -0.25) is 11.3 Å². The Hall–Kier alpha value is -0.610. The number of hydrazine groups is 1. The van der Waals surface area contributed by atoms with Crippen LogP contribution < -0.4 is 5.84 Å². The van der Waals surface area contributed by atoms with Crippen LogP contribution in [-0.2, 0) is 0 Å². The van der Waals surface area contributed by atoms with Crippen molar-refractivity contribution < 1.29 is 0 Å². The largest absolute Gasteiger partial charge is 0.358 e. The molecule has 1 fully saturated rings. The first-order chi connectivity index (χ1) is 5.70. The van der Waals surface area contributed by atoms with Gasteiger partial charge in [0, 0.05) is 26.2 Å². The molecular formula is C8H20N4. The number of nitrogens with one attached hydrogen (secondary N) is 1. The van der Waals surface area contributed by atoms with E-state index in [4.69, 9.17) is 11.3 Å². The zero-order valence-electron chi connectivity index (χ0n) is 8.30. The molecule has 12 heavy (non-hydrogen) atoms. The summed E-state index contributed by atoms with van der Waals surface area (Å²) in [6, 6.07) is 0. The summed E-state index contributed by atoms with van der Waals surface area (Å²) < 4.78 is 0. The van der Waals surface area contributed by atoms with Gasteiger partial charge in [-0.25, -0.2) is 5.01 Å². The summed E-state index contributed by atoms with van der Waals surface area (Å²) in [4.78, 5) is 2.03. The van der Waals surface area contributed by atoms with Crippen molar-refractivity contribution in [2.24, 2.45) is 5.84 Å². The van der Waals surface area contributed by atoms with Gasteiger partial charge in [-0.1, -0.05) is 13.8 Å². The fourth-order valence-corrected chi connectivity index (χ4v) is 1.06. The van der Waals surface area contributed by atoms with Crippen LogP contribution >= 0.6 is 0 Å². The van der Waals surface area contributed by atoms with E-state index in [1.807, 2.05) is 25.7 Å². The van der Waals surface area contributed by atoms with Crippen LogP contribution in [0.2, 0.25) is 0 Å². The van der Waals surface area contributed by atoms with E-state index in [0.717, 1.165) is 26.2 Å². The van der Waals surface area contributed by atoms with Gasteiger partial charge in [0.1, 0.15) is 0 Å². The lowest BCUT2D eigenvalue weighted by Gasteiger charge is -2.32. The molecule has 0 amide bonds. The summed E-state index contributed by atoms with van der Waals surface area (Å²) in [5.41, 5.74) is 0. The number of piperazine rings is 1. The van der Waals surface area contributed by atoms with Crippen molar-refractivity contribution in [2.75, 3.05) is 26.2 Å². The molecule has 72 valence electrons. The highest BCUT2D eigenvalue weighted by atomic mass is 15.4. The Labute approximate surface area is 74.8 Å². The number of hydrogen-bond donors (Lipinski definition) is 2. The molecule has 0 aromatic heterocycles. The molecule has 0 spiro atoms. The van der Waals surface area contributed by atoms with Crippen LogP contribution in [0.4, 0.5) is 0 Å². The molecule has 0 unspecified atom stereocenters. The first kappa shape index (κ1) is 11.4. The molecular weight excluding hydrogens is 152 g/mol. The summed E-state index contributed by atoms with van der Waals surface area (Å²) in [5, 5.41) is 9.11. The maximum Gasteiger partial charge on any atom is 0.0926 e. The predicted octanol–water partition coefficient (Wildman–Crippen LogP) is 0.501. The lowest BCUT2D eigenvalue weighted by molar-refractivity contribution is 0.184. The van der Waals surface area contributed by atoms with E-state index in [1.165, 1.54) is 0 Å². The Morgan fingerprint density at radius 3 is 1.92 bits per heavy atom. The van der Waals surface area contributed by atoms with Crippen molar-refractivity contribution in [1.29, 1.82) is 5.41 Å². The SMILES string of the molecule is CC.CC(=N)N1CCN(N)CC1. The molecule has 0 aromatic carbocycles. The molecule has 0 atom stereocenters. The van der Waals surface area contributed by atoms with Crippen LogP contribution in [0, 0.1) is 5.41 Å². The summed E-state index contributed by atoms with van der Waals surface area (Å²) in [7, 11) is 0. The fraction of sp³-hybridized carbons (Fsp3) is 0.875. The fourth-order valence-electron chi connectivity index (χ4n) is 1.06. The van der Waals surface area contributed by atoms with Crippen molar-refractivity contribution in [1.82, 2.24) is 9.91 Å². The van der Waals surface area contributed by atoms with Gasteiger partial charge in [-0.05, 0) is 6.92 Å². The van der Waals surface area contributed by atoms with Crippen LogP contribution in [-0.4, -0.2) is 41.9 Å². The van der Waals surface area contributed by atoms with Crippen molar-refractivity contribution in [3.8, 4) is 0 Å². The molecule has 1 heterocycles. The maximum absolute atomic E-state index is 7.32. The third kappa shape index (κ3) is 3.69. The molecule has 4 nitrogen and oxygen atoms in total. The highest BCUT2D eigenvalue weighted by Crippen LogP contribution is 1.96. The molecule has 0 radical (unpaired) electrons. The smallest absolute Gasteiger partial charge is 0.0926 e. The third-order valence-corrected chi connectivity index (χ3v) is 1.79. The molecule has 0 aliphatic carbocycles. The minimum atomic E-state index is 0.646. The Bertz CT molecular complexity index is 127. The normalized spacial score (nSPS) is 18.2. The molecule has 3 N–H and O–H groups in total. The second-order valence-electron chi connectivity index (χ2n) is 2.61. The van der Waals surface area contributed by atoms with E-state index >= 15 is 0 Å². The van der Waals surface area contributed by atoms with Crippen LogP contribution in [0.15, 0.2) is 0 Å². The number of rotatable bonds is 0. The highest BCUT2D eigenvalue weighted by molar-refractivity contribution is 5.76. The summed E-state index contributed by atoms with van der Waals surface area (Å²) in [5.74, 6) is 6.18. The molecule has 1 saturated heterocycles. The average molecular weight is 172 g/mol. The van der Waals surface area contributed by atoms with Gasteiger partial charge in [0.15, 0.2) is 0 Å². The van der Waals surface area contributed by atoms with Crippen molar-refractivity contribution in [2.45, 2.75) is 20.8 Å². The van der Waals surface area contributed by atoms with E-state index in [0.29, 0.717) is 5.84 Å². The lowest BCUT2D eigenvalue weighted by atomic mass is 10.3. The minimum absolute atomic E-state index is 0.646. The Morgan fingerprint density at radius 2 is 1.58 bits per heavy atom. The first-order valence-electron chi connectivity index (χ1n) is 4.50. The molecule has 0 saturated carbocycles. The second-order valence-corrected chi connectivity index (χ2v) is 2.61. The Morgan fingerprint density at radius 1 is 1.17 bits per heavy atom. The van der Waals surface area contributed by atoms with Crippen molar-refractivity contribution in [3.63, 3.8) is 0 Å². The van der Waals surface area contributed by atoms with E-state index in [-0.39, 0.29) is 0 Å². The van der Waals surface area contributed by atoms with Gasteiger partial charge < -0.3 is 4.90 Å². The molecule has 0 bridgehead atoms. The maximum atomic E-state index is 7.32. The monoisotopic (exact) mass is 172 g/mol. The van der Waals surface area contributed by atoms with E-state index in [9.17, 15) is 0 Å². The summed E-state index contributed by atoms with van der Waals surface area (Å²) >= 11 is 0. The van der Waals surface area contributed by atoms with Crippen LogP contribution in [0.1, 0.15) is 20.8 Å². The number of amidine groups is 1. The number of nitrogens with two attached hydrogens (primary N) is 1.